The molecule has 2 saturated carbocycles. The van der Waals surface area contributed by atoms with Crippen molar-refractivity contribution in [3.8, 4) is 0 Å². The zero-order valence-corrected chi connectivity index (χ0v) is 20.3. The van der Waals surface area contributed by atoms with Crippen molar-refractivity contribution in [2.24, 2.45) is 17.8 Å². The predicted molar refractivity (Wildman–Crippen MR) is 126 cm³/mol. The van der Waals surface area contributed by atoms with Gasteiger partial charge in [-0.3, -0.25) is 14.1 Å². The van der Waals surface area contributed by atoms with E-state index in [1.807, 2.05) is 11.1 Å². The number of hydrogen-bond acceptors (Lipinski definition) is 4. The summed E-state index contributed by atoms with van der Waals surface area (Å²) in [6.07, 6.45) is 12.9. The summed E-state index contributed by atoms with van der Waals surface area (Å²) in [5, 5.41) is -0.250. The van der Waals surface area contributed by atoms with E-state index < -0.39 is 10.0 Å². The van der Waals surface area contributed by atoms with E-state index in [-0.39, 0.29) is 11.2 Å². The van der Waals surface area contributed by atoms with Gasteiger partial charge in [-0.05, 0) is 73.3 Å². The van der Waals surface area contributed by atoms with Crippen molar-refractivity contribution in [3.63, 3.8) is 0 Å². The van der Waals surface area contributed by atoms with Crippen LogP contribution in [0.25, 0.3) is 0 Å². The lowest BCUT2D eigenvalue weighted by Crippen LogP contribution is -2.42. The molecule has 3 unspecified atom stereocenters. The van der Waals surface area contributed by atoms with Crippen LogP contribution in [0.5, 0.6) is 0 Å². The number of likely N-dealkylation sites (tertiary alicyclic amines) is 1. The van der Waals surface area contributed by atoms with Gasteiger partial charge in [0.25, 0.3) is 0 Å². The molecule has 4 atom stereocenters. The molecular weight excluding hydrogens is 422 g/mol. The van der Waals surface area contributed by atoms with Gasteiger partial charge >= 0.3 is 0 Å². The minimum absolute atomic E-state index is 0.138. The fourth-order valence-corrected chi connectivity index (χ4v) is 9.09. The lowest BCUT2D eigenvalue weighted by Gasteiger charge is -2.37. The Bertz CT molecular complexity index is 971. The highest BCUT2D eigenvalue weighted by molar-refractivity contribution is 7.93. The van der Waals surface area contributed by atoms with E-state index in [1.165, 1.54) is 36.8 Å². The topological polar surface area (TPSA) is 70.6 Å². The summed E-state index contributed by atoms with van der Waals surface area (Å²) in [4.78, 5) is 18.1. The van der Waals surface area contributed by atoms with E-state index in [9.17, 15) is 13.2 Å². The fraction of sp³-hybridized carbons (Fsp3) is 0.760. The van der Waals surface area contributed by atoms with Crippen LogP contribution in [0.15, 0.2) is 12.4 Å². The van der Waals surface area contributed by atoms with Crippen LogP contribution in [0.2, 0.25) is 0 Å². The molecule has 0 spiro atoms. The van der Waals surface area contributed by atoms with Crippen LogP contribution in [0.4, 0.5) is 5.69 Å². The summed E-state index contributed by atoms with van der Waals surface area (Å²) in [7, 11) is -3.38. The first-order chi connectivity index (χ1) is 15.3. The smallest absolute Gasteiger partial charge is 0.238 e. The first kappa shape index (κ1) is 22.2. The monoisotopic (exact) mass is 459 g/mol. The van der Waals surface area contributed by atoms with Gasteiger partial charge in [-0.15, -0.1) is 0 Å². The van der Waals surface area contributed by atoms with Crippen LogP contribution in [0.1, 0.15) is 82.3 Å². The first-order valence-corrected chi connectivity index (χ1v) is 14.1. The molecule has 3 fully saturated rings. The van der Waals surface area contributed by atoms with Crippen LogP contribution in [0.3, 0.4) is 0 Å². The highest BCUT2D eigenvalue weighted by Gasteiger charge is 2.44. The summed E-state index contributed by atoms with van der Waals surface area (Å²) >= 11 is 0. The van der Waals surface area contributed by atoms with Crippen molar-refractivity contribution in [2.75, 3.05) is 23.9 Å². The normalized spacial score (nSPS) is 31.3. The van der Waals surface area contributed by atoms with Gasteiger partial charge in [0.1, 0.15) is 0 Å². The highest BCUT2D eigenvalue weighted by atomic mass is 32.2. The SMILES string of the molecule is CC(=O)N1CCC(c2cncc3c2CCN3S(=O)(=O)C2CC3CCC[C@@H](C)C(C3)C2)CC1. The summed E-state index contributed by atoms with van der Waals surface area (Å²) in [5.41, 5.74) is 3.19. The number of carbonyl (C=O) groups excluding carboxylic acids is 1. The molecule has 1 aromatic rings. The maximum atomic E-state index is 13.9. The number of piperidine rings is 1. The number of aromatic nitrogens is 1. The third kappa shape index (κ3) is 3.95. The maximum Gasteiger partial charge on any atom is 0.238 e. The van der Waals surface area contributed by atoms with Crippen LogP contribution < -0.4 is 4.31 Å². The molecule has 6 nitrogen and oxygen atoms in total. The number of sulfonamides is 1. The third-order valence-electron chi connectivity index (χ3n) is 8.88. The van der Waals surface area contributed by atoms with Gasteiger partial charge in [-0.2, -0.15) is 0 Å². The highest BCUT2D eigenvalue weighted by Crippen LogP contribution is 2.46. The molecular formula is C25H37N3O3S. The second kappa shape index (κ2) is 8.62. The average Bonchev–Trinajstić information content (AvgIpc) is 3.19. The molecule has 4 aliphatic rings. The third-order valence-corrected chi connectivity index (χ3v) is 11.1. The zero-order chi connectivity index (χ0) is 22.5. The fourth-order valence-electron chi connectivity index (χ4n) is 6.95. The van der Waals surface area contributed by atoms with Gasteiger partial charge in [0, 0.05) is 32.8 Å². The molecule has 0 aromatic carbocycles. The van der Waals surface area contributed by atoms with Crippen LogP contribution in [-0.2, 0) is 21.2 Å². The molecule has 32 heavy (non-hydrogen) atoms. The first-order valence-electron chi connectivity index (χ1n) is 12.6. The molecule has 1 saturated heterocycles. The summed E-state index contributed by atoms with van der Waals surface area (Å²) < 4.78 is 29.4. The zero-order valence-electron chi connectivity index (χ0n) is 19.5. The Morgan fingerprint density at radius 3 is 2.56 bits per heavy atom. The Hall–Kier alpha value is -1.63. The largest absolute Gasteiger partial charge is 0.343 e. The van der Waals surface area contributed by atoms with E-state index in [2.05, 4.69) is 11.9 Å². The van der Waals surface area contributed by atoms with Crippen LogP contribution in [-0.4, -0.2) is 49.1 Å². The van der Waals surface area contributed by atoms with E-state index in [1.54, 1.807) is 17.4 Å². The molecule has 5 rings (SSSR count). The van der Waals surface area contributed by atoms with Crippen molar-refractivity contribution in [1.82, 2.24) is 9.88 Å². The Balaban J connectivity index is 1.37. The molecule has 1 amide bonds. The Morgan fingerprint density at radius 2 is 1.81 bits per heavy atom. The van der Waals surface area contributed by atoms with E-state index in [0.29, 0.717) is 30.2 Å². The van der Waals surface area contributed by atoms with Crippen molar-refractivity contribution in [2.45, 2.75) is 82.8 Å². The van der Waals surface area contributed by atoms with Crippen LogP contribution in [0, 0.1) is 17.8 Å². The second-order valence-electron chi connectivity index (χ2n) is 10.7. The van der Waals surface area contributed by atoms with Gasteiger partial charge in [-0.1, -0.05) is 26.2 Å². The molecule has 0 radical (unpaired) electrons. The van der Waals surface area contributed by atoms with E-state index >= 15 is 0 Å². The van der Waals surface area contributed by atoms with Crippen molar-refractivity contribution in [3.05, 3.63) is 23.5 Å². The number of anilines is 1. The molecule has 176 valence electrons. The van der Waals surface area contributed by atoms with Crippen molar-refractivity contribution < 1.29 is 13.2 Å². The summed E-state index contributed by atoms with van der Waals surface area (Å²) in [6, 6.07) is 0. The van der Waals surface area contributed by atoms with Gasteiger partial charge < -0.3 is 4.90 Å². The molecule has 3 heterocycles. The molecule has 0 N–H and O–H groups in total. The standard InChI is InChI=1S/C25H37N3O3S/c1-17-4-3-5-19-12-21(17)14-22(13-19)32(30,31)28-11-8-23-24(15-26-16-25(23)28)20-6-9-27(10-7-20)18(2)29/h15-17,19-22H,3-14H2,1-2H3/t17-,19?,21?,22?/m1/s1. The van der Waals surface area contributed by atoms with Crippen LogP contribution >= 0.6 is 0 Å². The lowest BCUT2D eigenvalue weighted by molar-refractivity contribution is -0.129. The maximum absolute atomic E-state index is 13.9. The summed E-state index contributed by atoms with van der Waals surface area (Å²) in [5.74, 6) is 2.25. The van der Waals surface area contributed by atoms with Crippen molar-refractivity contribution >= 4 is 21.6 Å². The van der Waals surface area contributed by atoms with Gasteiger partial charge in [-0.25, -0.2) is 8.42 Å². The number of hydrogen-bond donors (Lipinski definition) is 0. The average molecular weight is 460 g/mol. The Morgan fingerprint density at radius 1 is 1.03 bits per heavy atom. The second-order valence-corrected chi connectivity index (χ2v) is 12.9. The van der Waals surface area contributed by atoms with E-state index in [0.717, 1.165) is 50.9 Å². The molecule has 2 aliphatic carbocycles. The minimum atomic E-state index is -3.38. The predicted octanol–water partition coefficient (Wildman–Crippen LogP) is 4.10. The van der Waals surface area contributed by atoms with E-state index in [4.69, 9.17) is 0 Å². The molecule has 2 bridgehead atoms. The number of amides is 1. The molecule has 2 aliphatic heterocycles. The van der Waals surface area contributed by atoms with Crippen molar-refractivity contribution in [1.29, 1.82) is 0 Å². The Labute approximate surface area is 192 Å². The molecule has 7 heteroatoms. The number of rotatable bonds is 3. The van der Waals surface area contributed by atoms with Gasteiger partial charge in [0.15, 0.2) is 0 Å². The van der Waals surface area contributed by atoms with Gasteiger partial charge in [0.05, 0.1) is 17.1 Å². The number of nitrogens with zero attached hydrogens (tertiary/aromatic N) is 3. The number of fused-ring (bicyclic) bond motifs is 3. The minimum Gasteiger partial charge on any atom is -0.343 e. The lowest BCUT2D eigenvalue weighted by atomic mass is 9.77. The van der Waals surface area contributed by atoms with Gasteiger partial charge in [0.2, 0.25) is 15.9 Å². The molecule has 1 aromatic heterocycles. The quantitative estimate of drug-likeness (QED) is 0.682. The number of carbonyl (C=O) groups is 1. The summed E-state index contributed by atoms with van der Waals surface area (Å²) in [6.45, 7) is 6.04. The number of pyridine rings is 1. The Kier molecular flexibility index (Phi) is 5.97.